The van der Waals surface area contributed by atoms with Gasteiger partial charge in [-0.05, 0) is 36.8 Å². The van der Waals surface area contributed by atoms with Gasteiger partial charge in [0, 0.05) is 36.8 Å². The fourth-order valence-corrected chi connectivity index (χ4v) is 4.26. The third-order valence-electron chi connectivity index (χ3n) is 5.70. The molecule has 3 heterocycles. The number of carbonyl (C=O) groups excluding carboxylic acids is 1. The largest absolute Gasteiger partial charge is 0.369 e. The van der Waals surface area contributed by atoms with E-state index in [4.69, 9.17) is 11.6 Å². The van der Waals surface area contributed by atoms with Crippen molar-refractivity contribution in [1.82, 2.24) is 30.1 Å². The molecule has 2 aliphatic rings. The molecular weight excluding hydrogens is 449 g/mol. The molecule has 0 aliphatic carbocycles. The highest BCUT2D eigenvalue weighted by Crippen LogP contribution is 2.31. The van der Waals surface area contributed by atoms with Crippen LogP contribution < -0.4 is 5.32 Å². The van der Waals surface area contributed by atoms with E-state index in [1.54, 1.807) is 29.2 Å². The van der Waals surface area contributed by atoms with Gasteiger partial charge < -0.3 is 20.2 Å². The Bertz CT molecular complexity index is 1220. The molecule has 0 radical (unpaired) electrons. The molecule has 0 saturated carbocycles. The number of benzene rings is 2. The number of aliphatic hydroxyl groups excluding tert-OH is 1. The lowest BCUT2D eigenvalue weighted by Gasteiger charge is -2.31. The molecule has 1 atom stereocenters. The van der Waals surface area contributed by atoms with Crippen LogP contribution in [-0.4, -0.2) is 67.9 Å². The first kappa shape index (κ1) is 21.4. The van der Waals surface area contributed by atoms with Gasteiger partial charge in [0.1, 0.15) is 17.1 Å². The fourth-order valence-electron chi connectivity index (χ4n) is 4.08. The maximum Gasteiger partial charge on any atom is 0.259 e. The lowest BCUT2D eigenvalue weighted by Crippen LogP contribution is -2.46. The van der Waals surface area contributed by atoms with Gasteiger partial charge in [0.2, 0.25) is 5.96 Å². The topological polar surface area (TPSA) is 98.9 Å². The van der Waals surface area contributed by atoms with Crippen LogP contribution in [0.15, 0.2) is 53.8 Å². The number of hydrogen-bond acceptors (Lipinski definition) is 7. The molecule has 11 heteroatoms. The van der Waals surface area contributed by atoms with Crippen molar-refractivity contribution >= 4 is 29.2 Å². The van der Waals surface area contributed by atoms with Gasteiger partial charge >= 0.3 is 0 Å². The summed E-state index contributed by atoms with van der Waals surface area (Å²) in [6.07, 6.45) is 2.66. The second kappa shape index (κ2) is 8.80. The predicted molar refractivity (Wildman–Crippen MR) is 120 cm³/mol. The van der Waals surface area contributed by atoms with Crippen molar-refractivity contribution < 1.29 is 14.3 Å². The number of guanidine groups is 1. The summed E-state index contributed by atoms with van der Waals surface area (Å²) in [4.78, 5) is 22.8. The second-order valence-corrected chi connectivity index (χ2v) is 8.21. The molecule has 1 amide bonds. The van der Waals surface area contributed by atoms with Crippen molar-refractivity contribution in [2.45, 2.75) is 12.6 Å². The molecule has 33 heavy (non-hydrogen) atoms. The number of nitrogens with zero attached hydrogens (tertiary/aromatic N) is 6. The maximum atomic E-state index is 14.7. The van der Waals surface area contributed by atoms with Gasteiger partial charge in [0.15, 0.2) is 6.23 Å². The molecule has 1 fully saturated rings. The van der Waals surface area contributed by atoms with Crippen molar-refractivity contribution in [3.8, 4) is 5.69 Å². The highest BCUT2D eigenvalue weighted by molar-refractivity contribution is 6.30. The standard InChI is InChI=1S/C22H21ClFN7O2/c23-14-5-6-17-15(13-14)20(32)28-22(27-17)30-10-2-9-29(11-12-30)21(33)19-16(24)3-1-4-18(19)31-25-7-8-26-31/h1,3-8,13,20,32H,2,9-12H2,(H,27,28). The Morgan fingerprint density at radius 2 is 1.94 bits per heavy atom. The lowest BCUT2D eigenvalue weighted by atomic mass is 10.1. The number of nitrogens with one attached hydrogen (secondary N) is 1. The van der Waals surface area contributed by atoms with Crippen LogP contribution in [-0.2, 0) is 0 Å². The Morgan fingerprint density at radius 3 is 2.76 bits per heavy atom. The number of amides is 1. The minimum absolute atomic E-state index is 0.0588. The Morgan fingerprint density at radius 1 is 1.12 bits per heavy atom. The first-order chi connectivity index (χ1) is 16.0. The van der Waals surface area contributed by atoms with Crippen molar-refractivity contribution in [3.05, 3.63) is 70.8 Å². The van der Waals surface area contributed by atoms with Crippen LogP contribution in [0.3, 0.4) is 0 Å². The highest BCUT2D eigenvalue weighted by atomic mass is 35.5. The molecule has 1 aromatic heterocycles. The zero-order chi connectivity index (χ0) is 22.9. The van der Waals surface area contributed by atoms with Crippen LogP contribution in [0.1, 0.15) is 28.6 Å². The van der Waals surface area contributed by atoms with E-state index in [0.717, 1.165) is 0 Å². The number of rotatable bonds is 2. The summed E-state index contributed by atoms with van der Waals surface area (Å²) in [6.45, 7) is 1.91. The summed E-state index contributed by atoms with van der Waals surface area (Å²) < 4.78 is 14.7. The summed E-state index contributed by atoms with van der Waals surface area (Å²) in [6, 6.07) is 9.57. The third kappa shape index (κ3) is 4.14. The van der Waals surface area contributed by atoms with Crippen LogP contribution in [0.25, 0.3) is 5.69 Å². The minimum atomic E-state index is -0.935. The molecular formula is C22H21ClFN7O2. The quantitative estimate of drug-likeness (QED) is 0.598. The van der Waals surface area contributed by atoms with Gasteiger partial charge in [-0.25, -0.2) is 9.38 Å². The summed E-state index contributed by atoms with van der Waals surface area (Å²) in [5.74, 6) is -0.507. The van der Waals surface area contributed by atoms with E-state index in [2.05, 4.69) is 20.5 Å². The van der Waals surface area contributed by atoms with E-state index < -0.39 is 18.0 Å². The van der Waals surface area contributed by atoms with Crippen molar-refractivity contribution in [2.75, 3.05) is 26.2 Å². The van der Waals surface area contributed by atoms with Crippen LogP contribution in [0.2, 0.25) is 5.02 Å². The number of hydrogen-bond donors (Lipinski definition) is 2. The van der Waals surface area contributed by atoms with E-state index in [9.17, 15) is 14.3 Å². The minimum Gasteiger partial charge on any atom is -0.369 e. The van der Waals surface area contributed by atoms with Crippen LogP contribution in [0.5, 0.6) is 0 Å². The zero-order valence-electron chi connectivity index (χ0n) is 17.5. The Labute approximate surface area is 194 Å². The monoisotopic (exact) mass is 469 g/mol. The molecule has 170 valence electrons. The van der Waals surface area contributed by atoms with E-state index >= 15 is 0 Å². The average Bonchev–Trinajstić information content (AvgIpc) is 3.23. The molecule has 0 bridgehead atoms. The normalized spacial score (nSPS) is 18.3. The number of carbonyl (C=O) groups is 1. The fraction of sp³-hybridized carbons (Fsp3) is 0.273. The summed E-state index contributed by atoms with van der Waals surface area (Å²) in [7, 11) is 0. The zero-order valence-corrected chi connectivity index (χ0v) is 18.3. The molecule has 2 aliphatic heterocycles. The Balaban J connectivity index is 1.36. The SMILES string of the molecule is O=C(c1c(F)cccc1-n1nccn1)N1CCCN(C2=Nc3ccc(Cl)cc3C(O)N2)CC1. The Kier molecular flexibility index (Phi) is 5.69. The van der Waals surface area contributed by atoms with Crippen LogP contribution >= 0.6 is 11.6 Å². The first-order valence-corrected chi connectivity index (χ1v) is 10.9. The number of aliphatic hydroxyl groups is 1. The molecule has 2 aromatic carbocycles. The van der Waals surface area contributed by atoms with Gasteiger partial charge in [-0.2, -0.15) is 15.0 Å². The predicted octanol–water partition coefficient (Wildman–Crippen LogP) is 2.49. The number of fused-ring (bicyclic) bond motifs is 1. The maximum absolute atomic E-state index is 14.7. The van der Waals surface area contributed by atoms with E-state index in [1.807, 2.05) is 4.90 Å². The van der Waals surface area contributed by atoms with E-state index in [-0.39, 0.29) is 5.56 Å². The van der Waals surface area contributed by atoms with Gasteiger partial charge in [-0.1, -0.05) is 17.7 Å². The van der Waals surface area contributed by atoms with Crippen molar-refractivity contribution in [3.63, 3.8) is 0 Å². The van der Waals surface area contributed by atoms with E-state index in [1.165, 1.54) is 29.3 Å². The van der Waals surface area contributed by atoms with Gasteiger partial charge in [-0.15, -0.1) is 0 Å². The van der Waals surface area contributed by atoms with Gasteiger partial charge in [-0.3, -0.25) is 4.79 Å². The number of aliphatic imine (C=N–C) groups is 1. The molecule has 0 spiro atoms. The second-order valence-electron chi connectivity index (χ2n) is 7.77. The molecule has 1 saturated heterocycles. The summed E-state index contributed by atoms with van der Waals surface area (Å²) in [5.41, 5.74) is 1.48. The Hall–Kier alpha value is -3.50. The molecule has 9 nitrogen and oxygen atoms in total. The third-order valence-corrected chi connectivity index (χ3v) is 5.93. The lowest BCUT2D eigenvalue weighted by molar-refractivity contribution is 0.0758. The molecule has 3 aromatic rings. The molecule has 2 N–H and O–H groups in total. The van der Waals surface area contributed by atoms with E-state index in [0.29, 0.717) is 60.5 Å². The van der Waals surface area contributed by atoms with Crippen LogP contribution in [0.4, 0.5) is 10.1 Å². The number of aromatic nitrogens is 3. The smallest absolute Gasteiger partial charge is 0.259 e. The summed E-state index contributed by atoms with van der Waals surface area (Å²) >= 11 is 6.03. The molecule has 1 unspecified atom stereocenters. The average molecular weight is 470 g/mol. The molecule has 5 rings (SSSR count). The van der Waals surface area contributed by atoms with Crippen molar-refractivity contribution in [1.29, 1.82) is 0 Å². The highest BCUT2D eigenvalue weighted by Gasteiger charge is 2.29. The van der Waals surface area contributed by atoms with Crippen molar-refractivity contribution in [2.24, 2.45) is 4.99 Å². The van der Waals surface area contributed by atoms with Gasteiger partial charge in [0.25, 0.3) is 5.91 Å². The van der Waals surface area contributed by atoms with Gasteiger partial charge in [0.05, 0.1) is 18.1 Å². The number of halogens is 2. The first-order valence-electron chi connectivity index (χ1n) is 10.5. The van der Waals surface area contributed by atoms with Crippen LogP contribution in [0, 0.1) is 5.82 Å². The summed E-state index contributed by atoms with van der Waals surface area (Å²) in [5, 5.41) is 22.1.